The molecule has 0 aromatic heterocycles. The van der Waals surface area contributed by atoms with E-state index in [1.165, 1.54) is 32.1 Å². The molecule has 1 unspecified atom stereocenters. The number of aliphatic hydroxyl groups is 1. The van der Waals surface area contributed by atoms with Crippen molar-refractivity contribution in [3.8, 4) is 0 Å². The Bertz CT molecular complexity index is 295. The summed E-state index contributed by atoms with van der Waals surface area (Å²) in [6.45, 7) is 8.46. The van der Waals surface area contributed by atoms with Gasteiger partial charge in [0.1, 0.15) is 0 Å². The van der Waals surface area contributed by atoms with Crippen LogP contribution in [0.4, 0.5) is 0 Å². The summed E-state index contributed by atoms with van der Waals surface area (Å²) in [6, 6.07) is 0. The Hall–Kier alpha value is -0.160. The molecule has 0 spiro atoms. The lowest BCUT2D eigenvalue weighted by Crippen LogP contribution is -2.57. The highest BCUT2D eigenvalue weighted by Crippen LogP contribution is 2.37. The number of hydrogen-bond donors (Lipinski definition) is 2. The van der Waals surface area contributed by atoms with Crippen LogP contribution < -0.4 is 5.32 Å². The molecule has 2 N–H and O–H groups in total. The molecule has 0 aromatic rings. The molecule has 0 bridgehead atoms. The van der Waals surface area contributed by atoms with E-state index in [0.717, 1.165) is 26.2 Å². The second kappa shape index (κ2) is 6.73. The fourth-order valence-electron chi connectivity index (χ4n) is 4.17. The molecule has 1 saturated carbocycles. The van der Waals surface area contributed by atoms with E-state index in [1.54, 1.807) is 0 Å². The number of hydrogen-bond acceptors (Lipinski definition) is 4. The highest BCUT2D eigenvalue weighted by molar-refractivity contribution is 4.92. The van der Waals surface area contributed by atoms with E-state index in [4.69, 9.17) is 4.74 Å². The summed E-state index contributed by atoms with van der Waals surface area (Å²) in [5.74, 6) is 0. The number of rotatable bonds is 5. The Labute approximate surface area is 123 Å². The zero-order chi connectivity index (χ0) is 14.6. The predicted molar refractivity (Wildman–Crippen MR) is 81.9 cm³/mol. The van der Waals surface area contributed by atoms with E-state index in [9.17, 15) is 5.11 Å². The molecule has 2 rings (SSSR count). The Morgan fingerprint density at radius 2 is 1.95 bits per heavy atom. The summed E-state index contributed by atoms with van der Waals surface area (Å²) in [5, 5.41) is 12.9. The Morgan fingerprint density at radius 1 is 1.25 bits per heavy atom. The summed E-state index contributed by atoms with van der Waals surface area (Å²) >= 11 is 0. The number of nitrogens with one attached hydrogen (secondary N) is 1. The first-order chi connectivity index (χ1) is 9.49. The molecule has 0 aromatic carbocycles. The molecule has 2 aliphatic rings. The highest BCUT2D eigenvalue weighted by atomic mass is 16.5. The van der Waals surface area contributed by atoms with Crippen LogP contribution in [0.5, 0.6) is 0 Å². The summed E-state index contributed by atoms with van der Waals surface area (Å²) in [5.41, 5.74) is 0.265. The Morgan fingerprint density at radius 3 is 2.55 bits per heavy atom. The second-order valence-electron chi connectivity index (χ2n) is 7.44. The first-order valence-corrected chi connectivity index (χ1v) is 8.14. The van der Waals surface area contributed by atoms with Crippen molar-refractivity contribution in [2.45, 2.75) is 57.7 Å². The molecule has 20 heavy (non-hydrogen) atoms. The van der Waals surface area contributed by atoms with Crippen LogP contribution in [0.1, 0.15) is 46.0 Å². The zero-order valence-corrected chi connectivity index (χ0v) is 13.5. The number of morpholine rings is 1. The Balaban J connectivity index is 2.01. The summed E-state index contributed by atoms with van der Waals surface area (Å²) < 4.78 is 5.93. The quantitative estimate of drug-likeness (QED) is 0.805. The maximum absolute atomic E-state index is 9.45. The van der Waals surface area contributed by atoms with E-state index < -0.39 is 0 Å². The number of aliphatic hydroxyl groups excluding tert-OH is 1. The van der Waals surface area contributed by atoms with Gasteiger partial charge in [-0.15, -0.1) is 0 Å². The molecule has 1 saturated heterocycles. The van der Waals surface area contributed by atoms with Crippen molar-refractivity contribution in [2.24, 2.45) is 5.41 Å². The van der Waals surface area contributed by atoms with E-state index in [1.807, 2.05) is 0 Å². The summed E-state index contributed by atoms with van der Waals surface area (Å²) in [4.78, 5) is 2.52. The van der Waals surface area contributed by atoms with Crippen LogP contribution in [0.25, 0.3) is 0 Å². The van der Waals surface area contributed by atoms with Crippen LogP contribution in [0, 0.1) is 5.41 Å². The van der Waals surface area contributed by atoms with Crippen molar-refractivity contribution < 1.29 is 9.84 Å². The van der Waals surface area contributed by atoms with Crippen LogP contribution in [0.3, 0.4) is 0 Å². The van der Waals surface area contributed by atoms with Crippen molar-refractivity contribution in [3.05, 3.63) is 0 Å². The smallest absolute Gasteiger partial charge is 0.0940 e. The van der Waals surface area contributed by atoms with Gasteiger partial charge in [0.05, 0.1) is 18.3 Å². The standard InChI is InChI=1S/C16H32N2O2/c1-15(2)12-18(9-14(10-19)20-15)13-16(11-17-3)7-5-4-6-8-16/h14,17,19H,4-13H2,1-3H3. The molecule has 1 aliphatic carbocycles. The maximum atomic E-state index is 9.45. The molecule has 0 radical (unpaired) electrons. The first kappa shape index (κ1) is 16.2. The first-order valence-electron chi connectivity index (χ1n) is 8.14. The molecule has 2 fully saturated rings. The predicted octanol–water partition coefficient (Wildman–Crippen LogP) is 1.63. The third kappa shape index (κ3) is 4.17. The van der Waals surface area contributed by atoms with Crippen LogP contribution in [0.2, 0.25) is 0 Å². The highest BCUT2D eigenvalue weighted by Gasteiger charge is 2.38. The largest absolute Gasteiger partial charge is 0.394 e. The van der Waals surface area contributed by atoms with Gasteiger partial charge in [-0.05, 0) is 39.2 Å². The van der Waals surface area contributed by atoms with Gasteiger partial charge in [0.25, 0.3) is 0 Å². The van der Waals surface area contributed by atoms with Gasteiger partial charge in [-0.1, -0.05) is 19.3 Å². The van der Waals surface area contributed by atoms with Crippen LogP contribution in [-0.2, 0) is 4.74 Å². The summed E-state index contributed by atoms with van der Waals surface area (Å²) in [7, 11) is 2.07. The molecule has 4 heteroatoms. The third-order valence-electron chi connectivity index (χ3n) is 4.78. The molecule has 1 heterocycles. The fourth-order valence-corrected chi connectivity index (χ4v) is 4.17. The van der Waals surface area contributed by atoms with Crippen molar-refractivity contribution >= 4 is 0 Å². The minimum Gasteiger partial charge on any atom is -0.394 e. The molecule has 118 valence electrons. The van der Waals surface area contributed by atoms with Gasteiger partial charge in [0.2, 0.25) is 0 Å². The van der Waals surface area contributed by atoms with Gasteiger partial charge in [0, 0.05) is 26.2 Å². The van der Waals surface area contributed by atoms with Crippen molar-refractivity contribution in [2.75, 3.05) is 39.8 Å². The fraction of sp³-hybridized carbons (Fsp3) is 1.00. The van der Waals surface area contributed by atoms with Crippen molar-refractivity contribution in [3.63, 3.8) is 0 Å². The monoisotopic (exact) mass is 284 g/mol. The number of nitrogens with zero attached hydrogens (tertiary/aromatic N) is 1. The average Bonchev–Trinajstić information content (AvgIpc) is 2.38. The maximum Gasteiger partial charge on any atom is 0.0940 e. The topological polar surface area (TPSA) is 44.7 Å². The minimum atomic E-state index is -0.152. The molecule has 1 aliphatic heterocycles. The zero-order valence-electron chi connectivity index (χ0n) is 13.5. The third-order valence-corrected chi connectivity index (χ3v) is 4.78. The van der Waals surface area contributed by atoms with Gasteiger partial charge < -0.3 is 15.2 Å². The van der Waals surface area contributed by atoms with Gasteiger partial charge in [0.15, 0.2) is 0 Å². The van der Waals surface area contributed by atoms with Crippen LogP contribution in [-0.4, -0.2) is 61.5 Å². The molecular formula is C16H32N2O2. The lowest BCUT2D eigenvalue weighted by atomic mass is 9.73. The second-order valence-corrected chi connectivity index (χ2v) is 7.44. The van der Waals surface area contributed by atoms with Gasteiger partial charge in [-0.3, -0.25) is 4.90 Å². The molecule has 1 atom stereocenters. The van der Waals surface area contributed by atoms with E-state index in [2.05, 4.69) is 31.1 Å². The van der Waals surface area contributed by atoms with Gasteiger partial charge >= 0.3 is 0 Å². The van der Waals surface area contributed by atoms with E-state index in [-0.39, 0.29) is 18.3 Å². The van der Waals surface area contributed by atoms with E-state index in [0.29, 0.717) is 5.41 Å². The van der Waals surface area contributed by atoms with Crippen LogP contribution in [0.15, 0.2) is 0 Å². The minimum absolute atomic E-state index is 0.0334. The SMILES string of the molecule is CNCC1(CN2CC(CO)OC(C)(C)C2)CCCCC1. The lowest BCUT2D eigenvalue weighted by molar-refractivity contribution is -0.155. The van der Waals surface area contributed by atoms with Crippen molar-refractivity contribution in [1.29, 1.82) is 0 Å². The van der Waals surface area contributed by atoms with Gasteiger partial charge in [-0.2, -0.15) is 0 Å². The normalized spacial score (nSPS) is 30.3. The van der Waals surface area contributed by atoms with Crippen LogP contribution >= 0.6 is 0 Å². The van der Waals surface area contributed by atoms with Gasteiger partial charge in [-0.25, -0.2) is 0 Å². The Kier molecular flexibility index (Phi) is 5.46. The summed E-state index contributed by atoms with van der Waals surface area (Å²) in [6.07, 6.45) is 6.73. The molecule has 4 nitrogen and oxygen atoms in total. The molecule has 0 amide bonds. The lowest BCUT2D eigenvalue weighted by Gasteiger charge is -2.47. The average molecular weight is 284 g/mol. The molecular weight excluding hydrogens is 252 g/mol. The number of ether oxygens (including phenoxy) is 1. The van der Waals surface area contributed by atoms with Crippen molar-refractivity contribution in [1.82, 2.24) is 10.2 Å². The van der Waals surface area contributed by atoms with E-state index >= 15 is 0 Å².